The molecule has 1 aromatic carbocycles. The molecule has 0 amide bonds. The van der Waals surface area contributed by atoms with Crippen LogP contribution in [0.4, 0.5) is 0 Å². The highest BCUT2D eigenvalue weighted by atomic mass is 32.1. The van der Waals surface area contributed by atoms with Crippen molar-refractivity contribution in [1.82, 2.24) is 10.1 Å². The van der Waals surface area contributed by atoms with Crippen molar-refractivity contribution in [3.05, 3.63) is 41.3 Å². The van der Waals surface area contributed by atoms with Gasteiger partial charge in [0, 0.05) is 5.56 Å². The fourth-order valence-electron chi connectivity index (χ4n) is 1.85. The standard InChI is InChI=1S/C15H11N3O2S/c1-2-19-11-5-3-4-10(8-11)14-17-15(20-18-14)13-7-6-12(9-16)21-13/h3-8H,2H2,1H3. The molecule has 3 rings (SSSR count). The van der Waals surface area contributed by atoms with Gasteiger partial charge in [-0.05, 0) is 31.2 Å². The van der Waals surface area contributed by atoms with E-state index in [2.05, 4.69) is 16.2 Å². The van der Waals surface area contributed by atoms with Gasteiger partial charge in [0.1, 0.15) is 16.7 Å². The molecule has 0 aliphatic rings. The van der Waals surface area contributed by atoms with Crippen LogP contribution in [0.15, 0.2) is 40.9 Å². The van der Waals surface area contributed by atoms with Crippen LogP contribution < -0.4 is 4.74 Å². The highest BCUT2D eigenvalue weighted by Gasteiger charge is 2.13. The Labute approximate surface area is 125 Å². The Bertz CT molecular complexity index is 801. The summed E-state index contributed by atoms with van der Waals surface area (Å²) in [5, 5.41) is 12.8. The SMILES string of the molecule is CCOc1cccc(-c2noc(-c3ccc(C#N)s3)n2)c1. The summed E-state index contributed by atoms with van der Waals surface area (Å²) in [4.78, 5) is 5.76. The Morgan fingerprint density at radius 1 is 1.33 bits per heavy atom. The maximum absolute atomic E-state index is 8.84. The first-order valence-corrected chi connectivity index (χ1v) is 7.19. The highest BCUT2D eigenvalue weighted by Crippen LogP contribution is 2.29. The minimum Gasteiger partial charge on any atom is -0.494 e. The molecule has 21 heavy (non-hydrogen) atoms. The zero-order valence-electron chi connectivity index (χ0n) is 11.2. The van der Waals surface area contributed by atoms with E-state index in [1.807, 2.05) is 31.2 Å². The molecule has 0 saturated heterocycles. The van der Waals surface area contributed by atoms with Crippen molar-refractivity contribution in [2.75, 3.05) is 6.61 Å². The van der Waals surface area contributed by atoms with Crippen molar-refractivity contribution < 1.29 is 9.26 Å². The number of ether oxygens (including phenoxy) is 1. The smallest absolute Gasteiger partial charge is 0.268 e. The van der Waals surface area contributed by atoms with Gasteiger partial charge < -0.3 is 9.26 Å². The quantitative estimate of drug-likeness (QED) is 0.733. The summed E-state index contributed by atoms with van der Waals surface area (Å²) in [6.45, 7) is 2.54. The van der Waals surface area contributed by atoms with Gasteiger partial charge in [-0.15, -0.1) is 11.3 Å². The monoisotopic (exact) mass is 297 g/mol. The number of nitriles is 1. The second-order valence-electron chi connectivity index (χ2n) is 4.16. The van der Waals surface area contributed by atoms with Gasteiger partial charge in [0.2, 0.25) is 5.82 Å². The lowest BCUT2D eigenvalue weighted by molar-refractivity contribution is 0.340. The van der Waals surface area contributed by atoms with Gasteiger partial charge >= 0.3 is 0 Å². The molecule has 0 unspecified atom stereocenters. The Hall–Kier alpha value is -2.65. The van der Waals surface area contributed by atoms with Crippen LogP contribution in [-0.4, -0.2) is 16.7 Å². The van der Waals surface area contributed by atoms with Crippen LogP contribution in [0, 0.1) is 11.3 Å². The minimum atomic E-state index is 0.415. The summed E-state index contributed by atoms with van der Waals surface area (Å²) in [5.41, 5.74) is 0.827. The van der Waals surface area contributed by atoms with Crippen molar-refractivity contribution in [2.45, 2.75) is 6.92 Å². The molecule has 104 valence electrons. The number of nitrogens with zero attached hydrogens (tertiary/aromatic N) is 3. The molecule has 5 nitrogen and oxygen atoms in total. The van der Waals surface area contributed by atoms with Gasteiger partial charge in [-0.2, -0.15) is 10.2 Å². The van der Waals surface area contributed by atoms with Crippen LogP contribution in [0.25, 0.3) is 22.2 Å². The molecule has 0 atom stereocenters. The molecule has 0 aliphatic heterocycles. The maximum Gasteiger partial charge on any atom is 0.268 e. The summed E-state index contributed by atoms with van der Waals surface area (Å²) in [6, 6.07) is 13.2. The first kappa shape index (κ1) is 13.3. The second-order valence-corrected chi connectivity index (χ2v) is 5.24. The van der Waals surface area contributed by atoms with Gasteiger partial charge in [0.15, 0.2) is 0 Å². The summed E-state index contributed by atoms with van der Waals surface area (Å²) in [6.07, 6.45) is 0. The number of hydrogen-bond donors (Lipinski definition) is 0. The molecular formula is C15H11N3O2S. The molecule has 6 heteroatoms. The maximum atomic E-state index is 8.84. The predicted octanol–water partition coefficient (Wildman–Crippen LogP) is 3.74. The average Bonchev–Trinajstić information content (AvgIpc) is 3.17. The Morgan fingerprint density at radius 2 is 2.24 bits per heavy atom. The van der Waals surface area contributed by atoms with E-state index in [1.54, 1.807) is 12.1 Å². The fraction of sp³-hybridized carbons (Fsp3) is 0.133. The number of thiophene rings is 1. The number of aromatic nitrogens is 2. The molecule has 0 fully saturated rings. The Morgan fingerprint density at radius 3 is 3.00 bits per heavy atom. The average molecular weight is 297 g/mol. The van der Waals surface area contributed by atoms with E-state index in [0.29, 0.717) is 23.2 Å². The molecule has 0 bridgehead atoms. The molecule has 0 spiro atoms. The topological polar surface area (TPSA) is 71.9 Å². The van der Waals surface area contributed by atoms with E-state index in [-0.39, 0.29) is 0 Å². The lowest BCUT2D eigenvalue weighted by atomic mass is 10.2. The van der Waals surface area contributed by atoms with Gasteiger partial charge in [-0.25, -0.2) is 0 Å². The van der Waals surface area contributed by atoms with Crippen LogP contribution >= 0.6 is 11.3 Å². The van der Waals surface area contributed by atoms with Crippen LogP contribution in [0.1, 0.15) is 11.8 Å². The Kier molecular flexibility index (Phi) is 3.67. The van der Waals surface area contributed by atoms with E-state index in [4.69, 9.17) is 14.5 Å². The first-order valence-electron chi connectivity index (χ1n) is 6.37. The molecule has 0 radical (unpaired) electrons. The van der Waals surface area contributed by atoms with E-state index in [9.17, 15) is 0 Å². The number of rotatable bonds is 4. The van der Waals surface area contributed by atoms with Gasteiger partial charge in [0.25, 0.3) is 5.89 Å². The van der Waals surface area contributed by atoms with E-state index < -0.39 is 0 Å². The van der Waals surface area contributed by atoms with Crippen LogP contribution in [0.5, 0.6) is 5.75 Å². The molecule has 0 N–H and O–H groups in total. The van der Waals surface area contributed by atoms with Crippen LogP contribution in [0.3, 0.4) is 0 Å². The predicted molar refractivity (Wildman–Crippen MR) is 78.9 cm³/mol. The third-order valence-electron chi connectivity index (χ3n) is 2.76. The van der Waals surface area contributed by atoms with Gasteiger partial charge in [0.05, 0.1) is 11.5 Å². The Balaban J connectivity index is 1.91. The van der Waals surface area contributed by atoms with Crippen molar-refractivity contribution in [3.8, 4) is 34.0 Å². The van der Waals surface area contributed by atoms with Crippen molar-refractivity contribution in [1.29, 1.82) is 5.26 Å². The molecule has 3 aromatic rings. The number of benzene rings is 1. The minimum absolute atomic E-state index is 0.415. The van der Waals surface area contributed by atoms with Crippen molar-refractivity contribution in [2.24, 2.45) is 0 Å². The van der Waals surface area contributed by atoms with E-state index in [0.717, 1.165) is 16.2 Å². The van der Waals surface area contributed by atoms with E-state index >= 15 is 0 Å². The summed E-state index contributed by atoms with van der Waals surface area (Å²) >= 11 is 1.32. The van der Waals surface area contributed by atoms with Gasteiger partial charge in [-0.1, -0.05) is 17.3 Å². The van der Waals surface area contributed by atoms with Gasteiger partial charge in [-0.3, -0.25) is 0 Å². The van der Waals surface area contributed by atoms with Crippen LogP contribution in [0.2, 0.25) is 0 Å². The third-order valence-corrected chi connectivity index (χ3v) is 3.73. The molecule has 0 aliphatic carbocycles. The molecular weight excluding hydrogens is 286 g/mol. The first-order chi connectivity index (χ1) is 10.3. The zero-order valence-corrected chi connectivity index (χ0v) is 12.1. The van der Waals surface area contributed by atoms with Crippen molar-refractivity contribution >= 4 is 11.3 Å². The normalized spacial score (nSPS) is 10.3. The van der Waals surface area contributed by atoms with Crippen LogP contribution in [-0.2, 0) is 0 Å². The van der Waals surface area contributed by atoms with E-state index in [1.165, 1.54) is 11.3 Å². The fourth-order valence-corrected chi connectivity index (χ4v) is 2.57. The largest absolute Gasteiger partial charge is 0.494 e. The number of hydrogen-bond acceptors (Lipinski definition) is 6. The molecule has 2 heterocycles. The molecule has 2 aromatic heterocycles. The second kappa shape index (κ2) is 5.77. The zero-order chi connectivity index (χ0) is 14.7. The summed E-state index contributed by atoms with van der Waals surface area (Å²) in [7, 11) is 0. The molecule has 0 saturated carbocycles. The highest BCUT2D eigenvalue weighted by molar-refractivity contribution is 7.15. The summed E-state index contributed by atoms with van der Waals surface area (Å²) in [5.74, 6) is 1.68. The lowest BCUT2D eigenvalue weighted by Crippen LogP contribution is -1.91. The third kappa shape index (κ3) is 2.78. The summed E-state index contributed by atoms with van der Waals surface area (Å²) < 4.78 is 10.7. The lowest BCUT2D eigenvalue weighted by Gasteiger charge is -2.02. The van der Waals surface area contributed by atoms with Crippen molar-refractivity contribution in [3.63, 3.8) is 0 Å².